The maximum absolute atomic E-state index is 12.6. The van der Waals surface area contributed by atoms with Crippen LogP contribution in [0.25, 0.3) is 0 Å². The fraction of sp³-hybridized carbons (Fsp3) is 0.278. The van der Waals surface area contributed by atoms with E-state index in [1.807, 2.05) is 20.8 Å². The number of para-hydroxylation sites is 1. The second-order valence-corrected chi connectivity index (χ2v) is 8.09. The second-order valence-electron chi connectivity index (χ2n) is 6.41. The monoisotopic (exact) mass is 391 g/mol. The molecule has 2 N–H and O–H groups in total. The lowest BCUT2D eigenvalue weighted by molar-refractivity contribution is -0.385. The summed E-state index contributed by atoms with van der Waals surface area (Å²) in [6.07, 6.45) is 0. The van der Waals surface area contributed by atoms with E-state index in [1.165, 1.54) is 30.3 Å². The number of sulfonamides is 1. The first-order valence-electron chi connectivity index (χ1n) is 8.29. The molecule has 0 bridgehead atoms. The minimum absolute atomic E-state index is 0.0949. The van der Waals surface area contributed by atoms with Crippen molar-refractivity contribution in [3.8, 4) is 0 Å². The molecule has 8 nitrogen and oxygen atoms in total. The summed E-state index contributed by atoms with van der Waals surface area (Å²) in [5.41, 5.74) is -0.0777. The summed E-state index contributed by atoms with van der Waals surface area (Å²) in [6, 6.07) is 10.8. The number of nitrogens with zero attached hydrogens (tertiary/aromatic N) is 1. The largest absolute Gasteiger partial charge is 0.349 e. The number of carbonyl (C=O) groups is 1. The van der Waals surface area contributed by atoms with Crippen molar-refractivity contribution in [3.63, 3.8) is 0 Å². The van der Waals surface area contributed by atoms with Crippen LogP contribution in [0.5, 0.6) is 0 Å². The highest BCUT2D eigenvalue weighted by molar-refractivity contribution is 7.92. The number of non-ortho nitro benzene ring substituents is 1. The molecule has 1 amide bonds. The Morgan fingerprint density at radius 1 is 1.07 bits per heavy atom. The van der Waals surface area contributed by atoms with Crippen molar-refractivity contribution in [1.29, 1.82) is 0 Å². The number of carbonyl (C=O) groups excluding carboxylic acids is 1. The number of benzene rings is 2. The number of nitrogens with one attached hydrogen (secondary N) is 2. The predicted molar refractivity (Wildman–Crippen MR) is 102 cm³/mol. The molecule has 2 aromatic carbocycles. The normalized spacial score (nSPS) is 12.4. The first-order valence-corrected chi connectivity index (χ1v) is 9.77. The van der Waals surface area contributed by atoms with Crippen LogP contribution in [0.3, 0.4) is 0 Å². The standard InChI is InChI=1S/C18H21N3O5S/c1-12(2)13(3)19-18(22)16-9-4-5-10-17(16)20-27(25,26)15-8-6-7-14(11-15)21(23)24/h4-13,20H,1-3H3,(H,19,22). The third-order valence-corrected chi connectivity index (χ3v) is 5.48. The van der Waals surface area contributed by atoms with Gasteiger partial charge < -0.3 is 5.32 Å². The van der Waals surface area contributed by atoms with Crippen molar-refractivity contribution in [2.75, 3.05) is 4.72 Å². The van der Waals surface area contributed by atoms with Gasteiger partial charge in [-0.25, -0.2) is 8.42 Å². The van der Waals surface area contributed by atoms with Crippen molar-refractivity contribution >= 4 is 27.3 Å². The van der Waals surface area contributed by atoms with Gasteiger partial charge in [0.05, 0.1) is 21.1 Å². The zero-order valence-corrected chi connectivity index (χ0v) is 16.0. The average molecular weight is 391 g/mol. The minimum atomic E-state index is -4.10. The lowest BCUT2D eigenvalue weighted by Crippen LogP contribution is -2.36. The fourth-order valence-electron chi connectivity index (χ4n) is 2.19. The van der Waals surface area contributed by atoms with Crippen molar-refractivity contribution in [1.82, 2.24) is 5.32 Å². The summed E-state index contributed by atoms with van der Waals surface area (Å²) in [5, 5.41) is 13.7. The van der Waals surface area contributed by atoms with Gasteiger partial charge in [0.15, 0.2) is 0 Å². The minimum Gasteiger partial charge on any atom is -0.349 e. The maximum Gasteiger partial charge on any atom is 0.270 e. The number of nitro benzene ring substituents is 1. The number of hydrogen-bond acceptors (Lipinski definition) is 5. The van der Waals surface area contributed by atoms with Crippen LogP contribution in [-0.4, -0.2) is 25.3 Å². The third kappa shape index (κ3) is 5.04. The molecule has 27 heavy (non-hydrogen) atoms. The van der Waals surface area contributed by atoms with Crippen molar-refractivity contribution in [2.24, 2.45) is 5.92 Å². The quantitative estimate of drug-likeness (QED) is 0.555. The summed E-state index contributed by atoms with van der Waals surface area (Å²) >= 11 is 0. The molecule has 0 fully saturated rings. The lowest BCUT2D eigenvalue weighted by atomic mass is 10.1. The van der Waals surface area contributed by atoms with E-state index in [2.05, 4.69) is 10.0 Å². The molecule has 0 heterocycles. The molecule has 1 unspecified atom stereocenters. The highest BCUT2D eigenvalue weighted by atomic mass is 32.2. The summed E-state index contributed by atoms with van der Waals surface area (Å²) < 4.78 is 27.6. The van der Waals surface area contributed by atoms with E-state index in [9.17, 15) is 23.3 Å². The molecular weight excluding hydrogens is 370 g/mol. The number of hydrogen-bond donors (Lipinski definition) is 2. The van der Waals surface area contributed by atoms with Crippen LogP contribution in [-0.2, 0) is 10.0 Å². The van der Waals surface area contributed by atoms with Crippen LogP contribution >= 0.6 is 0 Å². The van der Waals surface area contributed by atoms with E-state index >= 15 is 0 Å². The van der Waals surface area contributed by atoms with Crippen molar-refractivity contribution in [3.05, 3.63) is 64.2 Å². The van der Waals surface area contributed by atoms with Gasteiger partial charge in [0, 0.05) is 18.2 Å². The van der Waals surface area contributed by atoms with Gasteiger partial charge in [0.2, 0.25) is 0 Å². The van der Waals surface area contributed by atoms with E-state index in [-0.39, 0.29) is 33.8 Å². The molecular formula is C18H21N3O5S. The summed E-state index contributed by atoms with van der Waals surface area (Å²) in [7, 11) is -4.10. The topological polar surface area (TPSA) is 118 Å². The van der Waals surface area contributed by atoms with Crippen LogP contribution in [0, 0.1) is 16.0 Å². The Morgan fingerprint density at radius 2 is 1.74 bits per heavy atom. The van der Waals surface area contributed by atoms with Crippen molar-refractivity contribution < 1.29 is 18.1 Å². The molecule has 0 aliphatic carbocycles. The number of anilines is 1. The smallest absolute Gasteiger partial charge is 0.270 e. The molecule has 0 saturated heterocycles. The van der Waals surface area contributed by atoms with Gasteiger partial charge in [-0.3, -0.25) is 19.6 Å². The average Bonchev–Trinajstić information content (AvgIpc) is 2.61. The Kier molecular flexibility index (Phi) is 6.17. The number of rotatable bonds is 7. The van der Waals surface area contributed by atoms with Crippen LogP contribution in [0.4, 0.5) is 11.4 Å². The Labute approximate surface area is 157 Å². The Morgan fingerprint density at radius 3 is 2.37 bits per heavy atom. The van der Waals surface area contributed by atoms with Gasteiger partial charge in [-0.15, -0.1) is 0 Å². The first-order chi connectivity index (χ1) is 12.6. The van der Waals surface area contributed by atoms with E-state index in [4.69, 9.17) is 0 Å². The molecule has 9 heteroatoms. The van der Waals surface area contributed by atoms with Gasteiger partial charge in [0.25, 0.3) is 21.6 Å². The predicted octanol–water partition coefficient (Wildman–Crippen LogP) is 3.17. The van der Waals surface area contributed by atoms with Gasteiger partial charge in [-0.1, -0.05) is 32.0 Å². The fourth-order valence-corrected chi connectivity index (χ4v) is 3.31. The molecule has 0 aliphatic heterocycles. The summed E-state index contributed by atoms with van der Waals surface area (Å²) in [5.74, 6) is -0.198. The Balaban J connectivity index is 2.33. The van der Waals surface area contributed by atoms with Gasteiger partial charge in [-0.2, -0.15) is 0 Å². The van der Waals surface area contributed by atoms with Crippen LogP contribution in [0.15, 0.2) is 53.4 Å². The molecule has 0 aliphatic rings. The zero-order valence-electron chi connectivity index (χ0n) is 15.2. The SMILES string of the molecule is CC(C)C(C)NC(=O)c1ccccc1NS(=O)(=O)c1cccc([N+](=O)[O-])c1. The van der Waals surface area contributed by atoms with E-state index in [0.29, 0.717) is 0 Å². The molecule has 0 saturated carbocycles. The molecule has 1 atom stereocenters. The van der Waals surface area contributed by atoms with Crippen molar-refractivity contribution in [2.45, 2.75) is 31.7 Å². The highest BCUT2D eigenvalue weighted by Gasteiger charge is 2.21. The van der Waals surface area contributed by atoms with E-state index in [0.717, 1.165) is 6.07 Å². The summed E-state index contributed by atoms with van der Waals surface area (Å²) in [4.78, 5) is 22.5. The van der Waals surface area contributed by atoms with Crippen LogP contribution < -0.4 is 10.0 Å². The molecule has 0 radical (unpaired) electrons. The number of nitro groups is 1. The second kappa shape index (κ2) is 8.17. The van der Waals surface area contributed by atoms with Gasteiger partial charge >= 0.3 is 0 Å². The zero-order chi connectivity index (χ0) is 20.2. The lowest BCUT2D eigenvalue weighted by Gasteiger charge is -2.19. The number of amides is 1. The van der Waals surface area contributed by atoms with Crippen LogP contribution in [0.2, 0.25) is 0 Å². The molecule has 0 spiro atoms. The van der Waals surface area contributed by atoms with E-state index in [1.54, 1.807) is 12.1 Å². The Bertz CT molecular complexity index is 957. The maximum atomic E-state index is 12.6. The van der Waals surface area contributed by atoms with E-state index < -0.39 is 20.9 Å². The Hall–Kier alpha value is -2.94. The summed E-state index contributed by atoms with van der Waals surface area (Å²) in [6.45, 7) is 5.78. The van der Waals surface area contributed by atoms with Gasteiger partial charge in [0.1, 0.15) is 0 Å². The van der Waals surface area contributed by atoms with Gasteiger partial charge in [-0.05, 0) is 31.0 Å². The molecule has 2 rings (SSSR count). The first kappa shape index (κ1) is 20.4. The molecule has 0 aromatic heterocycles. The third-order valence-electron chi connectivity index (χ3n) is 4.11. The molecule has 2 aromatic rings. The van der Waals surface area contributed by atoms with Crippen LogP contribution in [0.1, 0.15) is 31.1 Å². The molecule has 144 valence electrons. The highest BCUT2D eigenvalue weighted by Crippen LogP contribution is 2.23.